The molecule has 0 saturated heterocycles. The molecule has 0 aliphatic rings. The smallest absolute Gasteiger partial charge is 0.335 e. The first-order valence-electron chi connectivity index (χ1n) is 5.64. The van der Waals surface area contributed by atoms with Gasteiger partial charge in [-0.05, 0) is 30.3 Å². The van der Waals surface area contributed by atoms with Crippen molar-refractivity contribution in [3.8, 4) is 0 Å². The van der Waals surface area contributed by atoms with Gasteiger partial charge in [0.25, 0.3) is 0 Å². The third kappa shape index (κ3) is 3.50. The van der Waals surface area contributed by atoms with E-state index in [9.17, 15) is 4.79 Å². The topological polar surface area (TPSA) is 61.7 Å². The number of halogens is 2. The molecule has 0 heterocycles. The van der Waals surface area contributed by atoms with Crippen LogP contribution >= 0.6 is 23.2 Å². The van der Waals surface area contributed by atoms with E-state index in [2.05, 4.69) is 10.5 Å². The predicted octanol–water partition coefficient (Wildman–Crippen LogP) is 4.14. The van der Waals surface area contributed by atoms with Crippen molar-refractivity contribution in [3.63, 3.8) is 0 Å². The summed E-state index contributed by atoms with van der Waals surface area (Å²) in [4.78, 5) is 10.8. The lowest BCUT2D eigenvalue weighted by atomic mass is 10.2. The number of carbonyl (C=O) groups is 1. The summed E-state index contributed by atoms with van der Waals surface area (Å²) in [6.07, 6.45) is 1.48. The van der Waals surface area contributed by atoms with Gasteiger partial charge >= 0.3 is 5.97 Å². The van der Waals surface area contributed by atoms with Gasteiger partial charge in [0.15, 0.2) is 0 Å². The minimum Gasteiger partial charge on any atom is -0.478 e. The second-order valence-electron chi connectivity index (χ2n) is 3.89. The minimum atomic E-state index is -0.994. The Hall–Kier alpha value is -2.04. The first-order chi connectivity index (χ1) is 9.58. The molecule has 0 fully saturated rings. The minimum absolute atomic E-state index is 0.181. The predicted molar refractivity (Wildman–Crippen MR) is 81.1 cm³/mol. The number of carboxylic acid groups (broad SMARTS) is 1. The highest BCUT2D eigenvalue weighted by atomic mass is 35.5. The summed E-state index contributed by atoms with van der Waals surface area (Å²) in [6.45, 7) is 0. The Morgan fingerprint density at radius 1 is 1.15 bits per heavy atom. The third-order valence-corrected chi connectivity index (χ3v) is 3.16. The van der Waals surface area contributed by atoms with Crippen LogP contribution in [0, 0.1) is 0 Å². The first kappa shape index (κ1) is 14.4. The van der Waals surface area contributed by atoms with Crippen LogP contribution in [-0.2, 0) is 0 Å². The fourth-order valence-corrected chi connectivity index (χ4v) is 2.02. The highest BCUT2D eigenvalue weighted by Crippen LogP contribution is 2.22. The number of nitrogens with zero attached hydrogens (tertiary/aromatic N) is 1. The van der Waals surface area contributed by atoms with Gasteiger partial charge in [-0.2, -0.15) is 5.10 Å². The molecule has 4 nitrogen and oxygen atoms in total. The lowest BCUT2D eigenvalue weighted by Crippen LogP contribution is -1.98. The van der Waals surface area contributed by atoms with Crippen molar-refractivity contribution in [2.24, 2.45) is 5.10 Å². The highest BCUT2D eigenvalue weighted by Gasteiger charge is 2.03. The van der Waals surface area contributed by atoms with E-state index in [1.165, 1.54) is 18.3 Å². The summed E-state index contributed by atoms with van der Waals surface area (Å²) in [7, 11) is 0. The Morgan fingerprint density at radius 3 is 2.45 bits per heavy atom. The number of rotatable bonds is 4. The summed E-state index contributed by atoms with van der Waals surface area (Å²) in [6, 6.07) is 11.5. The molecule has 0 aromatic heterocycles. The largest absolute Gasteiger partial charge is 0.478 e. The van der Waals surface area contributed by atoms with E-state index in [0.717, 1.165) is 0 Å². The average Bonchev–Trinajstić information content (AvgIpc) is 2.42. The molecule has 20 heavy (non-hydrogen) atoms. The molecule has 0 unspecified atom stereocenters. The van der Waals surface area contributed by atoms with Gasteiger partial charge in [0.2, 0.25) is 0 Å². The first-order valence-corrected chi connectivity index (χ1v) is 6.40. The van der Waals surface area contributed by atoms with Gasteiger partial charge in [-0.1, -0.05) is 35.3 Å². The molecule has 2 aromatic rings. The van der Waals surface area contributed by atoms with Gasteiger partial charge in [0.1, 0.15) is 0 Å². The maximum absolute atomic E-state index is 10.8. The van der Waals surface area contributed by atoms with Gasteiger partial charge in [-0.25, -0.2) is 4.79 Å². The Labute approximate surface area is 125 Å². The lowest BCUT2D eigenvalue weighted by molar-refractivity contribution is 0.0697. The van der Waals surface area contributed by atoms with E-state index >= 15 is 0 Å². The van der Waals surface area contributed by atoms with Crippen LogP contribution in [-0.4, -0.2) is 17.3 Å². The Balaban J connectivity index is 2.14. The quantitative estimate of drug-likeness (QED) is 0.659. The van der Waals surface area contributed by atoms with Crippen LogP contribution in [0.2, 0.25) is 10.0 Å². The monoisotopic (exact) mass is 308 g/mol. The molecule has 2 N–H and O–H groups in total. The van der Waals surface area contributed by atoms with Crippen LogP contribution in [0.4, 0.5) is 5.69 Å². The Bertz CT molecular complexity index is 652. The molecule has 2 rings (SSSR count). The molecule has 0 aliphatic heterocycles. The molecule has 0 aliphatic carbocycles. The van der Waals surface area contributed by atoms with Crippen molar-refractivity contribution < 1.29 is 9.90 Å². The maximum Gasteiger partial charge on any atom is 0.335 e. The van der Waals surface area contributed by atoms with Crippen molar-refractivity contribution in [2.75, 3.05) is 5.43 Å². The number of anilines is 1. The second kappa shape index (κ2) is 6.41. The number of carboxylic acids is 1. The number of hydrazone groups is 1. The lowest BCUT2D eigenvalue weighted by Gasteiger charge is -2.03. The second-order valence-corrected chi connectivity index (χ2v) is 4.71. The van der Waals surface area contributed by atoms with E-state index in [0.29, 0.717) is 21.3 Å². The molecule has 0 bridgehead atoms. The van der Waals surface area contributed by atoms with Crippen molar-refractivity contribution >= 4 is 41.1 Å². The van der Waals surface area contributed by atoms with E-state index in [-0.39, 0.29) is 5.56 Å². The van der Waals surface area contributed by atoms with E-state index < -0.39 is 5.97 Å². The number of aromatic carboxylic acids is 1. The average molecular weight is 309 g/mol. The van der Waals surface area contributed by atoms with Gasteiger partial charge in [-0.15, -0.1) is 0 Å². The molecule has 6 heteroatoms. The van der Waals surface area contributed by atoms with Crippen LogP contribution in [0.25, 0.3) is 0 Å². The molecule has 0 amide bonds. The summed E-state index contributed by atoms with van der Waals surface area (Å²) in [5.41, 5.74) is 4.07. The van der Waals surface area contributed by atoms with Gasteiger partial charge in [0, 0.05) is 5.56 Å². The zero-order valence-electron chi connectivity index (χ0n) is 10.2. The summed E-state index contributed by atoms with van der Waals surface area (Å²) >= 11 is 12.0. The number of benzene rings is 2. The van der Waals surface area contributed by atoms with E-state index in [1.807, 2.05) is 0 Å². The fraction of sp³-hybridized carbons (Fsp3) is 0. The molecule has 102 valence electrons. The summed E-state index contributed by atoms with van der Waals surface area (Å²) in [5.74, 6) is -0.994. The van der Waals surface area contributed by atoms with Crippen molar-refractivity contribution in [1.82, 2.24) is 0 Å². The SMILES string of the molecule is O=C(O)c1cccc(N/N=C/c2c(Cl)cccc2Cl)c1. The van der Waals surface area contributed by atoms with Gasteiger partial charge in [0.05, 0.1) is 27.5 Å². The van der Waals surface area contributed by atoms with Crippen molar-refractivity contribution in [2.45, 2.75) is 0 Å². The molecule has 0 atom stereocenters. The number of hydrogen-bond donors (Lipinski definition) is 2. The molecule has 2 aromatic carbocycles. The molecule has 0 radical (unpaired) electrons. The zero-order chi connectivity index (χ0) is 14.5. The zero-order valence-corrected chi connectivity index (χ0v) is 11.7. The summed E-state index contributed by atoms with van der Waals surface area (Å²) < 4.78 is 0. The standard InChI is InChI=1S/C14H10Cl2N2O2/c15-12-5-2-6-13(16)11(12)8-17-18-10-4-1-3-9(7-10)14(19)20/h1-8,18H,(H,19,20)/b17-8+. The van der Waals surface area contributed by atoms with Crippen molar-refractivity contribution in [3.05, 3.63) is 63.6 Å². The van der Waals surface area contributed by atoms with Crippen molar-refractivity contribution in [1.29, 1.82) is 0 Å². The maximum atomic E-state index is 10.8. The van der Waals surface area contributed by atoms with Gasteiger partial charge in [-0.3, -0.25) is 5.43 Å². The highest BCUT2D eigenvalue weighted by molar-refractivity contribution is 6.38. The number of hydrogen-bond acceptors (Lipinski definition) is 3. The normalized spacial score (nSPS) is 10.7. The molecule has 0 spiro atoms. The van der Waals surface area contributed by atoms with Crippen LogP contribution in [0.1, 0.15) is 15.9 Å². The Morgan fingerprint density at radius 2 is 1.80 bits per heavy atom. The fourth-order valence-electron chi connectivity index (χ4n) is 1.53. The number of nitrogens with one attached hydrogen (secondary N) is 1. The Kier molecular flexibility index (Phi) is 4.61. The van der Waals surface area contributed by atoms with Crippen LogP contribution in [0.3, 0.4) is 0 Å². The van der Waals surface area contributed by atoms with E-state index in [1.54, 1.807) is 30.3 Å². The molecular weight excluding hydrogens is 299 g/mol. The molecule has 0 saturated carbocycles. The molecular formula is C14H10Cl2N2O2. The van der Waals surface area contributed by atoms with E-state index in [4.69, 9.17) is 28.3 Å². The van der Waals surface area contributed by atoms with Crippen LogP contribution in [0.15, 0.2) is 47.6 Å². The third-order valence-electron chi connectivity index (χ3n) is 2.50. The van der Waals surface area contributed by atoms with Gasteiger partial charge < -0.3 is 5.11 Å². The summed E-state index contributed by atoms with van der Waals surface area (Å²) in [5, 5.41) is 13.9. The van der Waals surface area contributed by atoms with Crippen LogP contribution in [0.5, 0.6) is 0 Å². The van der Waals surface area contributed by atoms with Crippen LogP contribution < -0.4 is 5.43 Å².